The molecule has 3 nitrogen and oxygen atoms in total. The third kappa shape index (κ3) is 2.71. The lowest BCUT2D eigenvalue weighted by Gasteiger charge is -2.20. The van der Waals surface area contributed by atoms with E-state index < -0.39 is 5.41 Å². The molecule has 1 fully saturated rings. The summed E-state index contributed by atoms with van der Waals surface area (Å²) >= 11 is 0. The Morgan fingerprint density at radius 1 is 1.53 bits per heavy atom. The Kier molecular flexibility index (Phi) is 3.44. The summed E-state index contributed by atoms with van der Waals surface area (Å²) < 4.78 is 5.01. The van der Waals surface area contributed by atoms with Gasteiger partial charge in [-0.2, -0.15) is 0 Å². The fourth-order valence-corrected chi connectivity index (χ4v) is 2.17. The van der Waals surface area contributed by atoms with Crippen molar-refractivity contribution in [2.24, 2.45) is 16.7 Å². The number of hydrogen-bond donors (Lipinski definition) is 1. The van der Waals surface area contributed by atoms with E-state index in [0.717, 1.165) is 12.8 Å². The van der Waals surface area contributed by atoms with Gasteiger partial charge in [0.25, 0.3) is 0 Å². The first-order valence-electron chi connectivity index (χ1n) is 5.64. The van der Waals surface area contributed by atoms with E-state index >= 15 is 0 Å². The Morgan fingerprint density at radius 2 is 2.13 bits per heavy atom. The van der Waals surface area contributed by atoms with Gasteiger partial charge >= 0.3 is 5.97 Å². The van der Waals surface area contributed by atoms with Crippen molar-refractivity contribution >= 4 is 5.97 Å². The quantitative estimate of drug-likeness (QED) is 0.728. The van der Waals surface area contributed by atoms with E-state index in [9.17, 15) is 9.90 Å². The summed E-state index contributed by atoms with van der Waals surface area (Å²) in [5, 5.41) is 9.32. The number of aliphatic hydroxyl groups excluding tert-OH is 1. The van der Waals surface area contributed by atoms with E-state index in [1.54, 1.807) is 6.92 Å². The smallest absolute Gasteiger partial charge is 0.314 e. The fraction of sp³-hybridized carbons (Fsp3) is 0.917. The van der Waals surface area contributed by atoms with Crippen LogP contribution < -0.4 is 0 Å². The second kappa shape index (κ2) is 4.12. The van der Waals surface area contributed by atoms with Crippen molar-refractivity contribution in [3.05, 3.63) is 0 Å². The highest BCUT2D eigenvalue weighted by molar-refractivity contribution is 5.80. The van der Waals surface area contributed by atoms with Crippen LogP contribution in [0.15, 0.2) is 0 Å². The molecule has 1 aliphatic rings. The summed E-state index contributed by atoms with van der Waals surface area (Å²) in [7, 11) is 0. The van der Waals surface area contributed by atoms with Crippen molar-refractivity contribution in [3.63, 3.8) is 0 Å². The van der Waals surface area contributed by atoms with Gasteiger partial charge in [0.1, 0.15) is 0 Å². The third-order valence-electron chi connectivity index (χ3n) is 3.05. The van der Waals surface area contributed by atoms with E-state index in [4.69, 9.17) is 4.74 Å². The average molecular weight is 214 g/mol. The maximum Gasteiger partial charge on any atom is 0.314 e. The molecule has 1 saturated carbocycles. The number of aliphatic hydroxyl groups is 1. The second-order valence-corrected chi connectivity index (χ2v) is 5.70. The molecule has 0 unspecified atom stereocenters. The van der Waals surface area contributed by atoms with Crippen LogP contribution in [0.25, 0.3) is 0 Å². The normalized spacial score (nSPS) is 30.1. The number of carbonyl (C=O) groups is 1. The molecule has 88 valence electrons. The summed E-state index contributed by atoms with van der Waals surface area (Å²) in [5.74, 6) is 0.0725. The molecule has 1 N–H and O–H groups in total. The van der Waals surface area contributed by atoms with E-state index in [0.29, 0.717) is 12.5 Å². The number of esters is 1. The summed E-state index contributed by atoms with van der Waals surface area (Å²) in [6.45, 7) is 8.56. The predicted octanol–water partition coefficient (Wildman–Crippen LogP) is 1.98. The van der Waals surface area contributed by atoms with Gasteiger partial charge in [-0.3, -0.25) is 4.79 Å². The topological polar surface area (TPSA) is 46.5 Å². The average Bonchev–Trinajstić information content (AvgIpc) is 2.77. The van der Waals surface area contributed by atoms with Crippen LogP contribution in [0.1, 0.15) is 40.5 Å². The number of carbonyl (C=O) groups excluding carboxylic acids is 1. The number of ether oxygens (including phenoxy) is 1. The van der Waals surface area contributed by atoms with Crippen molar-refractivity contribution in [1.29, 1.82) is 0 Å². The molecular formula is C12H22O3. The predicted molar refractivity (Wildman–Crippen MR) is 58.3 cm³/mol. The van der Waals surface area contributed by atoms with E-state index in [1.165, 1.54) is 0 Å². The highest BCUT2D eigenvalue weighted by Crippen LogP contribution is 2.57. The van der Waals surface area contributed by atoms with Gasteiger partial charge in [0, 0.05) is 0 Å². The molecule has 0 saturated heterocycles. The lowest BCUT2D eigenvalue weighted by molar-refractivity contribution is -0.152. The lowest BCUT2D eigenvalue weighted by Crippen LogP contribution is -2.26. The van der Waals surface area contributed by atoms with Gasteiger partial charge in [0.05, 0.1) is 18.6 Å². The largest absolute Gasteiger partial charge is 0.465 e. The number of rotatable bonds is 4. The van der Waals surface area contributed by atoms with Crippen LogP contribution in [0.3, 0.4) is 0 Å². The summed E-state index contributed by atoms with van der Waals surface area (Å²) in [4.78, 5) is 11.7. The minimum atomic E-state index is -0.580. The summed E-state index contributed by atoms with van der Waals surface area (Å²) in [6, 6.07) is 0. The Morgan fingerprint density at radius 3 is 2.53 bits per heavy atom. The Balaban J connectivity index is 2.57. The standard InChI is InChI=1S/C12H22O3/c1-5-15-10(14)12(8-13)7-9(12)6-11(2,3)4/h9,13H,5-8H2,1-4H3/t9-,12+/m1/s1. The van der Waals surface area contributed by atoms with Gasteiger partial charge in [-0.25, -0.2) is 0 Å². The van der Waals surface area contributed by atoms with Gasteiger partial charge in [-0.1, -0.05) is 20.8 Å². The van der Waals surface area contributed by atoms with Gasteiger partial charge in [-0.05, 0) is 31.1 Å². The Hall–Kier alpha value is -0.570. The first kappa shape index (κ1) is 12.5. The molecular weight excluding hydrogens is 192 g/mol. The van der Waals surface area contributed by atoms with Gasteiger partial charge in [-0.15, -0.1) is 0 Å². The molecule has 3 heteroatoms. The molecule has 0 aromatic rings. The maximum atomic E-state index is 11.7. The molecule has 15 heavy (non-hydrogen) atoms. The highest BCUT2D eigenvalue weighted by atomic mass is 16.5. The molecule has 0 spiro atoms. The zero-order valence-electron chi connectivity index (χ0n) is 10.2. The van der Waals surface area contributed by atoms with Crippen molar-refractivity contribution in [3.8, 4) is 0 Å². The van der Waals surface area contributed by atoms with Crippen LogP contribution in [-0.2, 0) is 9.53 Å². The molecule has 0 bridgehead atoms. The van der Waals surface area contributed by atoms with Crippen LogP contribution >= 0.6 is 0 Å². The SMILES string of the molecule is CCOC(=O)[C@]1(CO)C[C@H]1CC(C)(C)C. The van der Waals surface area contributed by atoms with Gasteiger partial charge < -0.3 is 9.84 Å². The van der Waals surface area contributed by atoms with E-state index in [2.05, 4.69) is 20.8 Å². The monoisotopic (exact) mass is 214 g/mol. The van der Waals surface area contributed by atoms with Crippen molar-refractivity contribution in [1.82, 2.24) is 0 Å². The van der Waals surface area contributed by atoms with E-state index in [-0.39, 0.29) is 18.0 Å². The van der Waals surface area contributed by atoms with Gasteiger partial charge in [0.2, 0.25) is 0 Å². The molecule has 0 radical (unpaired) electrons. The lowest BCUT2D eigenvalue weighted by atomic mass is 9.87. The second-order valence-electron chi connectivity index (χ2n) is 5.70. The Labute approximate surface area is 91.8 Å². The molecule has 0 heterocycles. The molecule has 0 aromatic carbocycles. The van der Waals surface area contributed by atoms with Crippen LogP contribution in [0.4, 0.5) is 0 Å². The van der Waals surface area contributed by atoms with Crippen molar-refractivity contribution < 1.29 is 14.6 Å². The van der Waals surface area contributed by atoms with Crippen LogP contribution in [-0.4, -0.2) is 24.3 Å². The molecule has 0 amide bonds. The van der Waals surface area contributed by atoms with Crippen molar-refractivity contribution in [2.75, 3.05) is 13.2 Å². The molecule has 0 aromatic heterocycles. The van der Waals surface area contributed by atoms with Gasteiger partial charge in [0.15, 0.2) is 0 Å². The maximum absolute atomic E-state index is 11.7. The zero-order valence-corrected chi connectivity index (χ0v) is 10.2. The Bertz CT molecular complexity index is 242. The molecule has 0 aliphatic heterocycles. The molecule has 1 rings (SSSR count). The van der Waals surface area contributed by atoms with Crippen molar-refractivity contribution in [2.45, 2.75) is 40.5 Å². The van der Waals surface area contributed by atoms with Crippen LogP contribution in [0.2, 0.25) is 0 Å². The summed E-state index contributed by atoms with van der Waals surface area (Å²) in [6.07, 6.45) is 1.74. The minimum absolute atomic E-state index is 0.0768. The highest BCUT2D eigenvalue weighted by Gasteiger charge is 2.61. The van der Waals surface area contributed by atoms with Crippen LogP contribution in [0, 0.1) is 16.7 Å². The number of hydrogen-bond acceptors (Lipinski definition) is 3. The first-order chi connectivity index (χ1) is 6.85. The van der Waals surface area contributed by atoms with E-state index in [1.807, 2.05) is 0 Å². The van der Waals surface area contributed by atoms with Crippen LogP contribution in [0.5, 0.6) is 0 Å². The zero-order chi connectivity index (χ0) is 11.7. The molecule has 1 aliphatic carbocycles. The fourth-order valence-electron chi connectivity index (χ4n) is 2.17. The minimum Gasteiger partial charge on any atom is -0.465 e. The first-order valence-corrected chi connectivity index (χ1v) is 5.64. The summed E-state index contributed by atoms with van der Waals surface area (Å²) in [5.41, 5.74) is -0.378. The third-order valence-corrected chi connectivity index (χ3v) is 3.05. The molecule has 2 atom stereocenters.